The third-order valence-corrected chi connectivity index (χ3v) is 2.92. The number of ether oxygens (including phenoxy) is 1. The van der Waals surface area contributed by atoms with E-state index in [4.69, 9.17) is 4.74 Å². The zero-order valence-corrected chi connectivity index (χ0v) is 11.4. The molecule has 1 atom stereocenters. The molecule has 106 valence electrons. The van der Waals surface area contributed by atoms with E-state index < -0.39 is 6.09 Å². The summed E-state index contributed by atoms with van der Waals surface area (Å²) in [4.78, 5) is 12.6. The molecule has 2 N–H and O–H groups in total. The number of amides is 1. The Morgan fingerprint density at radius 1 is 1.42 bits per heavy atom. The van der Waals surface area contributed by atoms with Gasteiger partial charge in [0.25, 0.3) is 0 Å². The molecule has 2 rings (SSSR count). The maximum absolute atomic E-state index is 11.2. The van der Waals surface area contributed by atoms with Gasteiger partial charge in [-0.2, -0.15) is 0 Å². The minimum absolute atomic E-state index is 0. The van der Waals surface area contributed by atoms with Crippen molar-refractivity contribution in [3.05, 3.63) is 35.9 Å². The van der Waals surface area contributed by atoms with Crippen molar-refractivity contribution in [3.8, 4) is 0 Å². The highest BCUT2D eigenvalue weighted by Gasteiger charge is 2.20. The first-order chi connectivity index (χ1) is 8.75. The molecule has 1 aromatic rings. The molecule has 1 fully saturated rings. The van der Waals surface area contributed by atoms with Crippen molar-refractivity contribution in [1.29, 1.82) is 0 Å². The van der Waals surface area contributed by atoms with Crippen LogP contribution in [0.1, 0.15) is 5.56 Å². The second kappa shape index (κ2) is 7.99. The highest BCUT2D eigenvalue weighted by molar-refractivity contribution is 5.85. The molecule has 0 radical (unpaired) electrons. The lowest BCUT2D eigenvalue weighted by atomic mass is 10.2. The van der Waals surface area contributed by atoms with Crippen LogP contribution in [-0.2, 0) is 11.3 Å². The minimum Gasteiger partial charge on any atom is -0.465 e. The van der Waals surface area contributed by atoms with Gasteiger partial charge in [0.1, 0.15) is 0 Å². The van der Waals surface area contributed by atoms with Crippen LogP contribution in [0, 0.1) is 0 Å². The van der Waals surface area contributed by atoms with Gasteiger partial charge >= 0.3 is 6.09 Å². The van der Waals surface area contributed by atoms with Crippen molar-refractivity contribution in [1.82, 2.24) is 10.2 Å². The van der Waals surface area contributed by atoms with Gasteiger partial charge in [0.15, 0.2) is 0 Å². The Morgan fingerprint density at radius 2 is 2.16 bits per heavy atom. The third kappa shape index (κ3) is 5.06. The smallest absolute Gasteiger partial charge is 0.407 e. The van der Waals surface area contributed by atoms with Crippen LogP contribution < -0.4 is 5.32 Å². The second-order valence-electron chi connectivity index (χ2n) is 4.35. The predicted molar refractivity (Wildman–Crippen MR) is 74.7 cm³/mol. The van der Waals surface area contributed by atoms with E-state index in [0.717, 1.165) is 12.1 Å². The number of hydrogen-bond acceptors (Lipinski definition) is 3. The van der Waals surface area contributed by atoms with Crippen LogP contribution in [0.15, 0.2) is 30.3 Å². The Morgan fingerprint density at radius 3 is 2.74 bits per heavy atom. The lowest BCUT2D eigenvalue weighted by molar-refractivity contribution is 0.00627. The summed E-state index contributed by atoms with van der Waals surface area (Å²) in [6.07, 6.45) is -0.966. The van der Waals surface area contributed by atoms with E-state index in [1.54, 1.807) is 0 Å². The fourth-order valence-corrected chi connectivity index (χ4v) is 2.00. The number of carboxylic acid groups (broad SMARTS) is 1. The van der Waals surface area contributed by atoms with Crippen molar-refractivity contribution >= 4 is 18.5 Å². The maximum Gasteiger partial charge on any atom is 0.407 e. The zero-order chi connectivity index (χ0) is 12.8. The second-order valence-corrected chi connectivity index (χ2v) is 4.35. The number of hydrogen-bond donors (Lipinski definition) is 2. The lowest BCUT2D eigenvalue weighted by Gasteiger charge is -2.28. The van der Waals surface area contributed by atoms with Crippen molar-refractivity contribution in [2.75, 3.05) is 26.2 Å². The summed E-state index contributed by atoms with van der Waals surface area (Å²) in [5.74, 6) is 0. The zero-order valence-electron chi connectivity index (χ0n) is 10.6. The lowest BCUT2D eigenvalue weighted by Crippen LogP contribution is -2.46. The van der Waals surface area contributed by atoms with Crippen molar-refractivity contribution in [3.63, 3.8) is 0 Å². The molecule has 0 spiro atoms. The molecule has 19 heavy (non-hydrogen) atoms. The summed E-state index contributed by atoms with van der Waals surface area (Å²) in [6, 6.07) is 9.59. The number of halogens is 1. The number of rotatable bonds is 4. The highest BCUT2D eigenvalue weighted by Crippen LogP contribution is 2.07. The summed E-state index contributed by atoms with van der Waals surface area (Å²) in [7, 11) is 0. The largest absolute Gasteiger partial charge is 0.465 e. The number of nitrogens with zero attached hydrogens (tertiary/aromatic N) is 1. The van der Waals surface area contributed by atoms with E-state index in [2.05, 4.69) is 5.32 Å². The van der Waals surface area contributed by atoms with Crippen molar-refractivity contribution < 1.29 is 14.6 Å². The fourth-order valence-electron chi connectivity index (χ4n) is 2.00. The molecular formula is C13H19ClN2O3. The van der Waals surface area contributed by atoms with E-state index >= 15 is 0 Å². The topological polar surface area (TPSA) is 61.8 Å². The Balaban J connectivity index is 0.00000180. The summed E-state index contributed by atoms with van der Waals surface area (Å²) < 4.78 is 5.53. The SMILES string of the molecule is Cl.O=C(O)N(Cc1ccccc1)CC1CNCCO1. The normalized spacial score (nSPS) is 18.4. The van der Waals surface area contributed by atoms with Crippen molar-refractivity contribution in [2.45, 2.75) is 12.6 Å². The van der Waals surface area contributed by atoms with Gasteiger partial charge in [0.05, 0.1) is 19.3 Å². The van der Waals surface area contributed by atoms with Gasteiger partial charge in [-0.3, -0.25) is 0 Å². The summed E-state index contributed by atoms with van der Waals surface area (Å²) in [6.45, 7) is 2.98. The van der Waals surface area contributed by atoms with Crippen molar-refractivity contribution in [2.24, 2.45) is 0 Å². The van der Waals surface area contributed by atoms with Crippen LogP contribution in [-0.4, -0.2) is 48.4 Å². The van der Waals surface area contributed by atoms with Gasteiger partial charge in [-0.15, -0.1) is 12.4 Å². The Bertz CT molecular complexity index is 383. The van der Waals surface area contributed by atoms with E-state index in [9.17, 15) is 9.90 Å². The highest BCUT2D eigenvalue weighted by atomic mass is 35.5. The first-order valence-corrected chi connectivity index (χ1v) is 6.10. The molecule has 1 aromatic carbocycles. The van der Waals surface area contributed by atoms with Gasteiger partial charge in [-0.25, -0.2) is 4.79 Å². The Hall–Kier alpha value is -1.30. The van der Waals surface area contributed by atoms with Crippen LogP contribution in [0.3, 0.4) is 0 Å². The van der Waals surface area contributed by atoms with Crippen LogP contribution >= 0.6 is 12.4 Å². The van der Waals surface area contributed by atoms with Crippen LogP contribution in [0.25, 0.3) is 0 Å². The van der Waals surface area contributed by atoms with Crippen LogP contribution in [0.2, 0.25) is 0 Å². The number of nitrogens with one attached hydrogen (secondary N) is 1. The van der Waals surface area contributed by atoms with E-state index in [-0.39, 0.29) is 18.5 Å². The molecule has 5 nitrogen and oxygen atoms in total. The molecule has 1 aliphatic rings. The summed E-state index contributed by atoms with van der Waals surface area (Å²) in [5.41, 5.74) is 0.990. The summed E-state index contributed by atoms with van der Waals surface area (Å²) in [5, 5.41) is 12.4. The molecule has 1 amide bonds. The van der Waals surface area contributed by atoms with Gasteiger partial charge < -0.3 is 20.1 Å². The van der Waals surface area contributed by atoms with E-state index in [1.165, 1.54) is 4.90 Å². The van der Waals surface area contributed by atoms with Gasteiger partial charge in [0.2, 0.25) is 0 Å². The third-order valence-electron chi connectivity index (χ3n) is 2.92. The number of benzene rings is 1. The quantitative estimate of drug-likeness (QED) is 0.882. The molecule has 1 unspecified atom stereocenters. The molecule has 1 saturated heterocycles. The molecular weight excluding hydrogens is 268 g/mol. The van der Waals surface area contributed by atoms with Gasteiger partial charge in [-0.1, -0.05) is 30.3 Å². The van der Waals surface area contributed by atoms with Gasteiger partial charge in [0, 0.05) is 19.6 Å². The van der Waals surface area contributed by atoms with Gasteiger partial charge in [-0.05, 0) is 5.56 Å². The molecule has 1 aliphatic heterocycles. The predicted octanol–water partition coefficient (Wildman–Crippen LogP) is 1.58. The van der Waals surface area contributed by atoms with E-state index in [1.807, 2.05) is 30.3 Å². The molecule has 6 heteroatoms. The number of carbonyl (C=O) groups is 1. The Labute approximate surface area is 119 Å². The molecule has 0 saturated carbocycles. The maximum atomic E-state index is 11.2. The average molecular weight is 287 g/mol. The fraction of sp³-hybridized carbons (Fsp3) is 0.462. The standard InChI is InChI=1S/C13H18N2O3.ClH/c16-13(17)15(9-11-4-2-1-3-5-11)10-12-8-14-6-7-18-12;/h1-5,12,14H,6-10H2,(H,16,17);1H. The summed E-state index contributed by atoms with van der Waals surface area (Å²) >= 11 is 0. The molecule has 0 aromatic heterocycles. The Kier molecular flexibility index (Phi) is 6.62. The first-order valence-electron chi connectivity index (χ1n) is 6.10. The molecule has 0 aliphatic carbocycles. The molecule has 1 heterocycles. The first kappa shape index (κ1) is 15.8. The minimum atomic E-state index is -0.909. The average Bonchev–Trinajstić information content (AvgIpc) is 2.40. The monoisotopic (exact) mass is 286 g/mol. The number of morpholine rings is 1. The van der Waals surface area contributed by atoms with E-state index in [0.29, 0.717) is 26.2 Å². The van der Waals surface area contributed by atoms with Crippen LogP contribution in [0.4, 0.5) is 4.79 Å². The van der Waals surface area contributed by atoms with Crippen LogP contribution in [0.5, 0.6) is 0 Å². The molecule has 0 bridgehead atoms.